The molecule has 0 aromatic heterocycles. The van der Waals surface area contributed by atoms with Gasteiger partial charge >= 0.3 is 0 Å². The van der Waals surface area contributed by atoms with Gasteiger partial charge in [0.15, 0.2) is 0 Å². The lowest BCUT2D eigenvalue weighted by Gasteiger charge is -2.15. The minimum Gasteiger partial charge on any atom is -0.315 e. The van der Waals surface area contributed by atoms with E-state index in [-0.39, 0.29) is 0 Å². The van der Waals surface area contributed by atoms with Crippen LogP contribution in [0.15, 0.2) is 0 Å². The summed E-state index contributed by atoms with van der Waals surface area (Å²) in [5, 5.41) is 3.49. The van der Waals surface area contributed by atoms with E-state index in [4.69, 9.17) is 0 Å². The van der Waals surface area contributed by atoms with E-state index in [0.717, 1.165) is 5.92 Å². The molecule has 14 heavy (non-hydrogen) atoms. The number of hydrogen-bond donors (Lipinski definition) is 1. The van der Waals surface area contributed by atoms with Crippen molar-refractivity contribution in [2.45, 2.75) is 72.3 Å². The van der Waals surface area contributed by atoms with Crippen LogP contribution >= 0.6 is 0 Å². The minimum atomic E-state index is 0.644. The Labute approximate surface area is 90.7 Å². The first-order chi connectivity index (χ1) is 6.70. The molecular formula is C13H29N. The van der Waals surface area contributed by atoms with Crippen molar-refractivity contribution in [3.05, 3.63) is 0 Å². The highest BCUT2D eigenvalue weighted by Crippen LogP contribution is 2.18. The molecule has 0 atom stereocenters. The molecule has 0 rings (SSSR count). The van der Waals surface area contributed by atoms with Crippen molar-refractivity contribution in [1.82, 2.24) is 5.32 Å². The Morgan fingerprint density at radius 3 is 1.93 bits per heavy atom. The van der Waals surface area contributed by atoms with E-state index in [0.29, 0.717) is 6.04 Å². The smallest absolute Gasteiger partial charge is 0.00103 e. The summed E-state index contributed by atoms with van der Waals surface area (Å²) in [4.78, 5) is 0. The first kappa shape index (κ1) is 14.0. The number of rotatable bonds is 9. The quantitative estimate of drug-likeness (QED) is 0.554. The Morgan fingerprint density at radius 2 is 1.50 bits per heavy atom. The van der Waals surface area contributed by atoms with Crippen LogP contribution in [0.25, 0.3) is 0 Å². The molecule has 0 aromatic rings. The Kier molecular flexibility index (Phi) is 9.49. The highest BCUT2D eigenvalue weighted by Gasteiger charge is 2.05. The third-order valence-corrected chi connectivity index (χ3v) is 2.74. The molecule has 0 saturated carbocycles. The molecule has 0 unspecified atom stereocenters. The zero-order chi connectivity index (χ0) is 10.8. The molecule has 1 N–H and O–H groups in total. The molecule has 0 spiro atoms. The normalized spacial score (nSPS) is 11.6. The van der Waals surface area contributed by atoms with Crippen LogP contribution in [-0.4, -0.2) is 12.6 Å². The topological polar surface area (TPSA) is 12.0 Å². The zero-order valence-corrected chi connectivity index (χ0v) is 10.6. The van der Waals surface area contributed by atoms with Crippen LogP contribution < -0.4 is 5.32 Å². The van der Waals surface area contributed by atoms with E-state index >= 15 is 0 Å². The SMILES string of the molecule is CCCC(CCC)CCCNC(C)C. The fourth-order valence-electron chi connectivity index (χ4n) is 2.03. The molecule has 0 radical (unpaired) electrons. The summed E-state index contributed by atoms with van der Waals surface area (Å²) < 4.78 is 0. The summed E-state index contributed by atoms with van der Waals surface area (Å²) >= 11 is 0. The van der Waals surface area contributed by atoms with Gasteiger partial charge in [-0.05, 0) is 25.3 Å². The summed E-state index contributed by atoms with van der Waals surface area (Å²) in [6.45, 7) is 10.2. The van der Waals surface area contributed by atoms with Crippen molar-refractivity contribution < 1.29 is 0 Å². The van der Waals surface area contributed by atoms with E-state index in [9.17, 15) is 0 Å². The van der Waals surface area contributed by atoms with E-state index < -0.39 is 0 Å². The van der Waals surface area contributed by atoms with Gasteiger partial charge in [-0.25, -0.2) is 0 Å². The van der Waals surface area contributed by atoms with Gasteiger partial charge in [-0.2, -0.15) is 0 Å². The largest absolute Gasteiger partial charge is 0.315 e. The van der Waals surface area contributed by atoms with Crippen LogP contribution in [0.2, 0.25) is 0 Å². The van der Waals surface area contributed by atoms with Gasteiger partial charge in [0, 0.05) is 6.04 Å². The van der Waals surface area contributed by atoms with E-state index in [2.05, 4.69) is 33.0 Å². The second-order valence-electron chi connectivity index (χ2n) is 4.69. The first-order valence-corrected chi connectivity index (χ1v) is 6.44. The van der Waals surface area contributed by atoms with Gasteiger partial charge in [0.2, 0.25) is 0 Å². The fourth-order valence-corrected chi connectivity index (χ4v) is 2.03. The first-order valence-electron chi connectivity index (χ1n) is 6.44. The van der Waals surface area contributed by atoms with Gasteiger partial charge in [-0.3, -0.25) is 0 Å². The maximum atomic E-state index is 3.49. The van der Waals surface area contributed by atoms with Gasteiger partial charge in [-0.1, -0.05) is 53.4 Å². The molecule has 0 aliphatic carbocycles. The molecular weight excluding hydrogens is 170 g/mol. The summed E-state index contributed by atoms with van der Waals surface area (Å²) in [6.07, 6.45) is 8.32. The van der Waals surface area contributed by atoms with Crippen LogP contribution in [0.4, 0.5) is 0 Å². The lowest BCUT2D eigenvalue weighted by Crippen LogP contribution is -2.24. The molecule has 0 heterocycles. The molecule has 0 aliphatic heterocycles. The van der Waals surface area contributed by atoms with Crippen molar-refractivity contribution >= 4 is 0 Å². The second-order valence-corrected chi connectivity index (χ2v) is 4.69. The molecule has 1 nitrogen and oxygen atoms in total. The number of hydrogen-bond acceptors (Lipinski definition) is 1. The van der Waals surface area contributed by atoms with Gasteiger partial charge in [0.1, 0.15) is 0 Å². The molecule has 0 saturated heterocycles. The van der Waals surface area contributed by atoms with Crippen LogP contribution in [-0.2, 0) is 0 Å². The summed E-state index contributed by atoms with van der Waals surface area (Å²) in [7, 11) is 0. The van der Waals surface area contributed by atoms with Gasteiger partial charge in [-0.15, -0.1) is 0 Å². The molecule has 0 aromatic carbocycles. The maximum absolute atomic E-state index is 3.49. The average molecular weight is 199 g/mol. The Balaban J connectivity index is 3.40. The Bertz CT molecular complexity index is 104. The lowest BCUT2D eigenvalue weighted by molar-refractivity contribution is 0.391. The monoisotopic (exact) mass is 199 g/mol. The lowest BCUT2D eigenvalue weighted by atomic mass is 9.93. The summed E-state index contributed by atoms with van der Waals surface area (Å²) in [6, 6.07) is 0.644. The average Bonchev–Trinajstić information content (AvgIpc) is 2.12. The van der Waals surface area contributed by atoms with Gasteiger partial charge in [0.05, 0.1) is 0 Å². The van der Waals surface area contributed by atoms with E-state index in [1.807, 2.05) is 0 Å². The molecule has 0 amide bonds. The summed E-state index contributed by atoms with van der Waals surface area (Å²) in [5.74, 6) is 0.985. The zero-order valence-electron chi connectivity index (χ0n) is 10.6. The Morgan fingerprint density at radius 1 is 0.929 bits per heavy atom. The predicted molar refractivity (Wildman–Crippen MR) is 65.7 cm³/mol. The molecule has 0 fully saturated rings. The number of nitrogens with one attached hydrogen (secondary N) is 1. The van der Waals surface area contributed by atoms with Crippen LogP contribution in [0, 0.1) is 5.92 Å². The fraction of sp³-hybridized carbons (Fsp3) is 1.00. The van der Waals surface area contributed by atoms with E-state index in [1.165, 1.54) is 45.1 Å². The summed E-state index contributed by atoms with van der Waals surface area (Å²) in [5.41, 5.74) is 0. The molecule has 0 aliphatic rings. The maximum Gasteiger partial charge on any atom is 0.00103 e. The highest BCUT2D eigenvalue weighted by atomic mass is 14.9. The van der Waals surface area contributed by atoms with Crippen molar-refractivity contribution in [2.24, 2.45) is 5.92 Å². The van der Waals surface area contributed by atoms with E-state index in [1.54, 1.807) is 0 Å². The van der Waals surface area contributed by atoms with Gasteiger partial charge in [0.25, 0.3) is 0 Å². The van der Waals surface area contributed by atoms with Crippen LogP contribution in [0.3, 0.4) is 0 Å². The standard InChI is InChI=1S/C13H29N/c1-5-8-13(9-6-2)10-7-11-14-12(3)4/h12-14H,5-11H2,1-4H3. The third kappa shape index (κ3) is 8.55. The Hall–Kier alpha value is -0.0400. The second kappa shape index (κ2) is 9.51. The molecule has 1 heteroatoms. The van der Waals surface area contributed by atoms with Crippen molar-refractivity contribution in [3.8, 4) is 0 Å². The third-order valence-electron chi connectivity index (χ3n) is 2.74. The predicted octanol–water partition coefficient (Wildman–Crippen LogP) is 3.98. The minimum absolute atomic E-state index is 0.644. The van der Waals surface area contributed by atoms with Crippen LogP contribution in [0.5, 0.6) is 0 Å². The highest BCUT2D eigenvalue weighted by molar-refractivity contribution is 4.60. The van der Waals surface area contributed by atoms with Crippen molar-refractivity contribution in [2.75, 3.05) is 6.54 Å². The van der Waals surface area contributed by atoms with Crippen molar-refractivity contribution in [3.63, 3.8) is 0 Å². The van der Waals surface area contributed by atoms with Gasteiger partial charge < -0.3 is 5.32 Å². The molecule has 86 valence electrons. The van der Waals surface area contributed by atoms with Crippen LogP contribution in [0.1, 0.15) is 66.2 Å². The molecule has 0 bridgehead atoms. The van der Waals surface area contributed by atoms with Crippen molar-refractivity contribution in [1.29, 1.82) is 0 Å².